The molecule has 0 aliphatic carbocycles. The maximum Gasteiger partial charge on any atom is 0.261 e. The van der Waals surface area contributed by atoms with Gasteiger partial charge in [-0.2, -0.15) is 0 Å². The lowest BCUT2D eigenvalue weighted by molar-refractivity contribution is 0.0634. The molecule has 6 heteroatoms. The van der Waals surface area contributed by atoms with Crippen LogP contribution in [0, 0.1) is 0 Å². The van der Waals surface area contributed by atoms with Gasteiger partial charge in [0, 0.05) is 18.0 Å². The van der Waals surface area contributed by atoms with Crippen molar-refractivity contribution in [3.05, 3.63) is 34.1 Å². The Morgan fingerprint density at radius 2 is 2.11 bits per heavy atom. The van der Waals surface area contributed by atoms with Crippen molar-refractivity contribution in [3.8, 4) is 11.5 Å². The minimum atomic E-state index is -0.387. The number of carbonyl (C=O) groups is 1. The second kappa shape index (κ2) is 9.13. The van der Waals surface area contributed by atoms with E-state index >= 15 is 0 Å². The first-order chi connectivity index (χ1) is 13.6. The van der Waals surface area contributed by atoms with Crippen LogP contribution in [0.1, 0.15) is 62.7 Å². The van der Waals surface area contributed by atoms with Crippen LogP contribution in [-0.4, -0.2) is 42.1 Å². The second-order valence-electron chi connectivity index (χ2n) is 7.47. The zero-order valence-corrected chi connectivity index (χ0v) is 17.0. The van der Waals surface area contributed by atoms with E-state index in [2.05, 4.69) is 11.9 Å². The van der Waals surface area contributed by atoms with Crippen molar-refractivity contribution in [2.24, 2.45) is 0 Å². The highest BCUT2D eigenvalue weighted by Crippen LogP contribution is 2.34. The number of amides is 1. The highest BCUT2D eigenvalue weighted by molar-refractivity contribution is 5.98. The predicted molar refractivity (Wildman–Crippen MR) is 110 cm³/mol. The maximum absolute atomic E-state index is 13.0. The van der Waals surface area contributed by atoms with Crippen molar-refractivity contribution in [3.63, 3.8) is 0 Å². The molecule has 1 aliphatic rings. The highest BCUT2D eigenvalue weighted by Gasteiger charge is 2.26. The molecule has 0 bridgehead atoms. The summed E-state index contributed by atoms with van der Waals surface area (Å²) in [5, 5.41) is 0.763. The number of likely N-dealkylation sites (tertiary alicyclic amines) is 1. The first kappa shape index (κ1) is 20.2. The van der Waals surface area contributed by atoms with Gasteiger partial charge in [-0.3, -0.25) is 9.59 Å². The Balaban J connectivity index is 1.96. The molecule has 1 unspecified atom stereocenters. The number of pyridine rings is 1. The number of unbranched alkanes of at least 4 members (excludes halogenated alkanes) is 2. The summed E-state index contributed by atoms with van der Waals surface area (Å²) in [4.78, 5) is 30.4. The number of piperidine rings is 1. The molecule has 0 radical (unpaired) electrons. The van der Waals surface area contributed by atoms with E-state index in [9.17, 15) is 9.59 Å². The van der Waals surface area contributed by atoms with E-state index in [0.29, 0.717) is 30.2 Å². The summed E-state index contributed by atoms with van der Waals surface area (Å²) in [6, 6.07) is 5.49. The minimum absolute atomic E-state index is 0.157. The summed E-state index contributed by atoms with van der Waals surface area (Å²) < 4.78 is 11.4. The normalized spacial score (nSPS) is 17.0. The van der Waals surface area contributed by atoms with E-state index < -0.39 is 0 Å². The number of nitrogens with one attached hydrogen (secondary N) is 1. The van der Waals surface area contributed by atoms with Gasteiger partial charge in [0.05, 0.1) is 19.2 Å². The van der Waals surface area contributed by atoms with E-state index in [4.69, 9.17) is 9.47 Å². The van der Waals surface area contributed by atoms with Gasteiger partial charge in [-0.1, -0.05) is 19.8 Å². The second-order valence-corrected chi connectivity index (χ2v) is 7.47. The van der Waals surface area contributed by atoms with Crippen LogP contribution < -0.4 is 15.0 Å². The van der Waals surface area contributed by atoms with Gasteiger partial charge in [-0.25, -0.2) is 0 Å². The number of H-pyrrole nitrogens is 1. The van der Waals surface area contributed by atoms with E-state index in [1.54, 1.807) is 13.2 Å². The van der Waals surface area contributed by atoms with Crippen LogP contribution in [0.25, 0.3) is 10.9 Å². The van der Waals surface area contributed by atoms with Crippen molar-refractivity contribution in [2.75, 3.05) is 20.3 Å². The molecule has 1 aromatic heterocycles. The molecule has 6 nitrogen and oxygen atoms in total. The van der Waals surface area contributed by atoms with Crippen LogP contribution in [0.3, 0.4) is 0 Å². The Labute approximate surface area is 165 Å². The molecule has 1 fully saturated rings. The molecule has 2 heterocycles. The van der Waals surface area contributed by atoms with Gasteiger partial charge in [0.25, 0.3) is 11.5 Å². The number of methoxy groups -OCH3 is 1. The predicted octanol–water partition coefficient (Wildman–Crippen LogP) is 4.12. The SMILES string of the molecule is CCCCCOc1c(OC)ccc2cc(C(=O)N3CCCCC3C)c(=O)[nH]c12. The summed E-state index contributed by atoms with van der Waals surface area (Å²) >= 11 is 0. The lowest BCUT2D eigenvalue weighted by Gasteiger charge is -2.33. The standard InChI is InChI=1S/C22H30N2O4/c1-4-5-8-13-28-20-18(27-3)11-10-16-14-17(21(25)23-19(16)20)22(26)24-12-7-6-9-15(24)2/h10-11,14-15H,4-9,12-13H2,1-3H3,(H,23,25). The molecule has 1 atom stereocenters. The molecule has 28 heavy (non-hydrogen) atoms. The van der Waals surface area contributed by atoms with E-state index in [0.717, 1.165) is 43.9 Å². The Morgan fingerprint density at radius 1 is 1.29 bits per heavy atom. The summed E-state index contributed by atoms with van der Waals surface area (Å²) in [5.41, 5.74) is 0.370. The summed E-state index contributed by atoms with van der Waals surface area (Å²) in [6.45, 7) is 5.43. The fraction of sp³-hybridized carbons (Fsp3) is 0.545. The smallest absolute Gasteiger partial charge is 0.261 e. The largest absolute Gasteiger partial charge is 0.493 e. The molecule has 1 aromatic carbocycles. The number of nitrogens with zero attached hydrogens (tertiary/aromatic N) is 1. The number of aromatic amines is 1. The molecule has 1 saturated heterocycles. The van der Waals surface area contributed by atoms with Gasteiger partial charge >= 0.3 is 0 Å². The van der Waals surface area contributed by atoms with Gasteiger partial charge in [0.15, 0.2) is 11.5 Å². The molecule has 1 aliphatic heterocycles. The molecule has 3 rings (SSSR count). The Kier molecular flexibility index (Phi) is 6.60. The third-order valence-corrected chi connectivity index (χ3v) is 5.45. The molecule has 152 valence electrons. The molecule has 1 N–H and O–H groups in total. The number of fused-ring (bicyclic) bond motifs is 1. The van der Waals surface area contributed by atoms with Crippen LogP contribution in [0.4, 0.5) is 0 Å². The van der Waals surface area contributed by atoms with Crippen molar-refractivity contribution in [1.29, 1.82) is 0 Å². The number of rotatable bonds is 7. The van der Waals surface area contributed by atoms with Crippen molar-refractivity contribution < 1.29 is 14.3 Å². The third-order valence-electron chi connectivity index (χ3n) is 5.45. The fourth-order valence-electron chi connectivity index (χ4n) is 3.77. The maximum atomic E-state index is 13.0. The van der Waals surface area contributed by atoms with E-state index in [1.807, 2.05) is 24.0 Å². The van der Waals surface area contributed by atoms with Crippen LogP contribution >= 0.6 is 0 Å². The van der Waals surface area contributed by atoms with Gasteiger partial charge in [0.1, 0.15) is 5.56 Å². The third kappa shape index (κ3) is 4.16. The van der Waals surface area contributed by atoms with Gasteiger partial charge < -0.3 is 19.4 Å². The van der Waals surface area contributed by atoms with Crippen LogP contribution in [0.15, 0.2) is 23.0 Å². The summed E-state index contributed by atoms with van der Waals surface area (Å²) in [6.07, 6.45) is 6.20. The zero-order chi connectivity index (χ0) is 20.1. The summed E-state index contributed by atoms with van der Waals surface area (Å²) in [5.74, 6) is 0.901. The molecule has 0 saturated carbocycles. The zero-order valence-electron chi connectivity index (χ0n) is 17.0. The highest BCUT2D eigenvalue weighted by atomic mass is 16.5. The molecular formula is C22H30N2O4. The lowest BCUT2D eigenvalue weighted by atomic mass is 10.0. The van der Waals surface area contributed by atoms with Crippen molar-refractivity contribution >= 4 is 16.8 Å². The number of carbonyl (C=O) groups excluding carboxylic acids is 1. The van der Waals surface area contributed by atoms with Crippen LogP contribution in [0.2, 0.25) is 0 Å². The molecule has 2 aromatic rings. The van der Waals surface area contributed by atoms with Crippen molar-refractivity contribution in [2.45, 2.75) is 58.4 Å². The van der Waals surface area contributed by atoms with Gasteiger partial charge in [-0.05, 0) is 50.8 Å². The first-order valence-corrected chi connectivity index (χ1v) is 10.2. The molecule has 1 amide bonds. The number of ether oxygens (including phenoxy) is 2. The molecular weight excluding hydrogens is 356 g/mol. The first-order valence-electron chi connectivity index (χ1n) is 10.2. The average Bonchev–Trinajstić information content (AvgIpc) is 2.70. The topological polar surface area (TPSA) is 71.6 Å². The lowest BCUT2D eigenvalue weighted by Crippen LogP contribution is -2.43. The Morgan fingerprint density at radius 3 is 2.82 bits per heavy atom. The molecule has 0 spiro atoms. The van der Waals surface area contributed by atoms with E-state index in [-0.39, 0.29) is 23.1 Å². The number of benzene rings is 1. The van der Waals surface area contributed by atoms with Crippen LogP contribution in [0.5, 0.6) is 11.5 Å². The minimum Gasteiger partial charge on any atom is -0.493 e. The van der Waals surface area contributed by atoms with Crippen molar-refractivity contribution in [1.82, 2.24) is 9.88 Å². The van der Waals surface area contributed by atoms with Crippen LogP contribution in [-0.2, 0) is 0 Å². The Hall–Kier alpha value is -2.50. The fourth-order valence-corrected chi connectivity index (χ4v) is 3.77. The average molecular weight is 386 g/mol. The Bertz CT molecular complexity index is 890. The number of aromatic nitrogens is 1. The monoisotopic (exact) mass is 386 g/mol. The van der Waals surface area contributed by atoms with Gasteiger partial charge in [0.2, 0.25) is 0 Å². The number of hydrogen-bond acceptors (Lipinski definition) is 4. The number of hydrogen-bond donors (Lipinski definition) is 1. The van der Waals surface area contributed by atoms with Gasteiger partial charge in [-0.15, -0.1) is 0 Å². The quantitative estimate of drug-likeness (QED) is 0.727. The summed E-state index contributed by atoms with van der Waals surface area (Å²) in [7, 11) is 1.58. The van der Waals surface area contributed by atoms with E-state index in [1.165, 1.54) is 0 Å².